The van der Waals surface area contributed by atoms with Gasteiger partial charge in [-0.25, -0.2) is 4.79 Å². The number of aryl methyl sites for hydroxylation is 1. The van der Waals surface area contributed by atoms with E-state index in [0.717, 1.165) is 24.0 Å². The number of halogens is 1. The van der Waals surface area contributed by atoms with E-state index in [-0.39, 0.29) is 24.4 Å². The van der Waals surface area contributed by atoms with Crippen molar-refractivity contribution in [2.24, 2.45) is 0 Å². The Morgan fingerprint density at radius 2 is 2.00 bits per heavy atom. The minimum absolute atomic E-state index is 0.0451. The zero-order valence-electron chi connectivity index (χ0n) is 12.7. The van der Waals surface area contributed by atoms with E-state index in [1.807, 2.05) is 36.1 Å². The summed E-state index contributed by atoms with van der Waals surface area (Å²) in [6.07, 6.45) is 1.02. The van der Waals surface area contributed by atoms with Crippen molar-refractivity contribution in [3.63, 3.8) is 0 Å². The van der Waals surface area contributed by atoms with Gasteiger partial charge in [-0.1, -0.05) is 18.2 Å². The number of hydrogen-bond acceptors (Lipinski definition) is 3. The molecular weight excluding hydrogens is 304 g/mol. The second-order valence-corrected chi connectivity index (χ2v) is 5.73. The van der Waals surface area contributed by atoms with Crippen molar-refractivity contribution < 1.29 is 14.3 Å². The highest BCUT2D eigenvalue weighted by molar-refractivity contribution is 6.18. The lowest BCUT2D eigenvalue weighted by Gasteiger charge is -2.32. The number of benzene rings is 1. The van der Waals surface area contributed by atoms with Gasteiger partial charge in [0.15, 0.2) is 0 Å². The lowest BCUT2D eigenvalue weighted by atomic mass is 10.0. The Morgan fingerprint density at radius 3 is 2.64 bits per heavy atom. The Morgan fingerprint density at radius 1 is 1.32 bits per heavy atom. The summed E-state index contributed by atoms with van der Waals surface area (Å²) in [7, 11) is 0. The molecule has 6 heteroatoms. The molecule has 1 aromatic rings. The first kappa shape index (κ1) is 16.6. The van der Waals surface area contributed by atoms with E-state index in [4.69, 9.17) is 16.3 Å². The molecule has 1 fully saturated rings. The normalized spacial score (nSPS) is 15.5. The molecule has 1 aliphatic heterocycles. The second-order valence-electron chi connectivity index (χ2n) is 5.35. The van der Waals surface area contributed by atoms with Gasteiger partial charge in [0, 0.05) is 24.7 Å². The minimum Gasteiger partial charge on any atom is -0.448 e. The van der Waals surface area contributed by atoms with Crippen molar-refractivity contribution in [2.75, 3.05) is 25.6 Å². The number of ether oxygens (including phenoxy) is 1. The Hall–Kier alpha value is -1.75. The summed E-state index contributed by atoms with van der Waals surface area (Å²) in [4.78, 5) is 25.8. The lowest BCUT2D eigenvalue weighted by Crippen LogP contribution is -2.46. The molecule has 1 saturated heterocycles. The summed E-state index contributed by atoms with van der Waals surface area (Å²) in [5, 5.41) is 2.81. The number of alkyl halides is 1. The third kappa shape index (κ3) is 4.37. The Balaban J connectivity index is 1.83. The number of amides is 2. The topological polar surface area (TPSA) is 58.6 Å². The summed E-state index contributed by atoms with van der Waals surface area (Å²) in [6, 6.07) is 7.64. The molecule has 0 saturated carbocycles. The van der Waals surface area contributed by atoms with E-state index in [1.54, 1.807) is 0 Å². The molecule has 2 rings (SSSR count). The van der Waals surface area contributed by atoms with Crippen molar-refractivity contribution in [2.45, 2.75) is 25.8 Å². The first-order valence-electron chi connectivity index (χ1n) is 7.46. The van der Waals surface area contributed by atoms with Crippen molar-refractivity contribution in [3.8, 4) is 0 Å². The molecule has 1 aromatic carbocycles. The minimum atomic E-state index is -0.440. The third-order valence-corrected chi connectivity index (χ3v) is 3.94. The predicted octanol–water partition coefficient (Wildman–Crippen LogP) is 2.56. The molecule has 1 heterocycles. The molecule has 22 heavy (non-hydrogen) atoms. The van der Waals surface area contributed by atoms with Gasteiger partial charge >= 0.3 is 6.09 Å². The Labute approximate surface area is 135 Å². The van der Waals surface area contributed by atoms with Gasteiger partial charge in [-0.05, 0) is 31.4 Å². The fourth-order valence-electron chi connectivity index (χ4n) is 2.55. The highest BCUT2D eigenvalue weighted by Gasteiger charge is 2.25. The molecule has 5 nitrogen and oxygen atoms in total. The Bertz CT molecular complexity index is 528. The molecule has 1 N–H and O–H groups in total. The molecule has 0 unspecified atom stereocenters. The molecule has 0 spiro atoms. The highest BCUT2D eigenvalue weighted by atomic mass is 35.5. The number of carbonyl (C=O) groups excluding carboxylic acids is 2. The van der Waals surface area contributed by atoms with Crippen LogP contribution < -0.4 is 5.32 Å². The molecule has 0 atom stereocenters. The van der Waals surface area contributed by atoms with Crippen LogP contribution in [0.4, 0.5) is 4.79 Å². The van der Waals surface area contributed by atoms with Gasteiger partial charge in [-0.2, -0.15) is 0 Å². The van der Waals surface area contributed by atoms with Crippen molar-refractivity contribution in [1.82, 2.24) is 10.2 Å². The van der Waals surface area contributed by atoms with Crippen LogP contribution in [0.2, 0.25) is 0 Å². The third-order valence-electron chi connectivity index (χ3n) is 3.79. The van der Waals surface area contributed by atoms with Crippen LogP contribution in [0.15, 0.2) is 24.3 Å². The number of nitrogens with one attached hydrogen (secondary N) is 1. The van der Waals surface area contributed by atoms with Crippen LogP contribution in [0.3, 0.4) is 0 Å². The number of alkyl carbamates (subject to hydrolysis) is 1. The van der Waals surface area contributed by atoms with Gasteiger partial charge in [0.05, 0.1) is 5.88 Å². The maximum atomic E-state index is 12.5. The average Bonchev–Trinajstić information content (AvgIpc) is 2.53. The van der Waals surface area contributed by atoms with E-state index >= 15 is 0 Å². The highest BCUT2D eigenvalue weighted by Crippen LogP contribution is 2.16. The van der Waals surface area contributed by atoms with E-state index in [0.29, 0.717) is 13.1 Å². The number of piperidine rings is 1. The van der Waals surface area contributed by atoms with E-state index in [1.165, 1.54) is 0 Å². The zero-order valence-corrected chi connectivity index (χ0v) is 13.4. The zero-order chi connectivity index (χ0) is 15.9. The predicted molar refractivity (Wildman–Crippen MR) is 85.3 cm³/mol. The fraction of sp³-hybridized carbons (Fsp3) is 0.500. The summed E-state index contributed by atoms with van der Waals surface area (Å²) in [5.74, 6) is 0.345. The van der Waals surface area contributed by atoms with Crippen LogP contribution in [-0.2, 0) is 4.74 Å². The summed E-state index contributed by atoms with van der Waals surface area (Å²) < 4.78 is 4.89. The first-order chi connectivity index (χ1) is 10.6. The summed E-state index contributed by atoms with van der Waals surface area (Å²) in [6.45, 7) is 3.41. The molecule has 0 radical (unpaired) electrons. The average molecular weight is 325 g/mol. The van der Waals surface area contributed by atoms with Gasteiger partial charge in [-0.3, -0.25) is 4.79 Å². The molecule has 0 bridgehead atoms. The first-order valence-corrected chi connectivity index (χ1v) is 7.99. The quantitative estimate of drug-likeness (QED) is 0.866. The fourth-order valence-corrected chi connectivity index (χ4v) is 2.63. The van der Waals surface area contributed by atoms with Gasteiger partial charge in [0.25, 0.3) is 5.91 Å². The summed E-state index contributed by atoms with van der Waals surface area (Å²) >= 11 is 5.46. The maximum Gasteiger partial charge on any atom is 0.407 e. The van der Waals surface area contributed by atoms with Crippen molar-refractivity contribution in [1.29, 1.82) is 0 Å². The monoisotopic (exact) mass is 324 g/mol. The number of hydrogen-bond donors (Lipinski definition) is 1. The molecule has 1 aliphatic rings. The SMILES string of the molecule is Cc1ccccc1C(=O)N1CCC(NC(=O)OCCCl)CC1. The smallest absolute Gasteiger partial charge is 0.407 e. The maximum absolute atomic E-state index is 12.5. The number of carbonyl (C=O) groups is 2. The van der Waals surface area contributed by atoms with Crippen LogP contribution in [0.5, 0.6) is 0 Å². The van der Waals surface area contributed by atoms with Crippen LogP contribution in [0, 0.1) is 6.92 Å². The molecule has 0 aromatic heterocycles. The van der Waals surface area contributed by atoms with E-state index < -0.39 is 6.09 Å². The van der Waals surface area contributed by atoms with Gasteiger partial charge in [0.2, 0.25) is 0 Å². The van der Waals surface area contributed by atoms with Crippen molar-refractivity contribution in [3.05, 3.63) is 35.4 Å². The molecule has 2 amide bonds. The number of likely N-dealkylation sites (tertiary alicyclic amines) is 1. The van der Waals surface area contributed by atoms with Crippen molar-refractivity contribution >= 4 is 23.6 Å². The number of rotatable bonds is 4. The van der Waals surface area contributed by atoms with Crippen LogP contribution in [0.25, 0.3) is 0 Å². The van der Waals surface area contributed by atoms with Gasteiger partial charge < -0.3 is 15.0 Å². The number of nitrogens with zero attached hydrogens (tertiary/aromatic N) is 1. The summed E-state index contributed by atoms with van der Waals surface area (Å²) in [5.41, 5.74) is 1.73. The van der Waals surface area contributed by atoms with Crippen LogP contribution in [0.1, 0.15) is 28.8 Å². The van der Waals surface area contributed by atoms with Crippen LogP contribution in [-0.4, -0.2) is 48.5 Å². The molecule has 0 aliphatic carbocycles. The largest absolute Gasteiger partial charge is 0.448 e. The molecular formula is C16H21ClN2O3. The van der Waals surface area contributed by atoms with Gasteiger partial charge in [-0.15, -0.1) is 11.6 Å². The van der Waals surface area contributed by atoms with Gasteiger partial charge in [0.1, 0.15) is 6.61 Å². The van der Waals surface area contributed by atoms with E-state index in [2.05, 4.69) is 5.32 Å². The van der Waals surface area contributed by atoms with Crippen LogP contribution >= 0.6 is 11.6 Å². The Kier molecular flexibility index (Phi) is 6.07. The lowest BCUT2D eigenvalue weighted by molar-refractivity contribution is 0.0702. The van der Waals surface area contributed by atoms with E-state index in [9.17, 15) is 9.59 Å². The molecule has 120 valence electrons. The second kappa shape index (κ2) is 8.03. The standard InChI is InChI=1S/C16H21ClN2O3/c1-12-4-2-3-5-14(12)15(20)19-9-6-13(7-10-19)18-16(21)22-11-8-17/h2-5,13H,6-11H2,1H3,(H,18,21).